The van der Waals surface area contributed by atoms with E-state index in [4.69, 9.17) is 0 Å². The fourth-order valence-corrected chi connectivity index (χ4v) is 2.78. The predicted octanol–water partition coefficient (Wildman–Crippen LogP) is -1.28. The number of nitrogens with one attached hydrogen (secondary N) is 1. The van der Waals surface area contributed by atoms with E-state index in [0.717, 1.165) is 26.2 Å². The van der Waals surface area contributed by atoms with E-state index in [-0.39, 0.29) is 6.61 Å². The Hall–Kier alpha value is -0.700. The second-order valence-corrected chi connectivity index (χ2v) is 6.55. The highest BCUT2D eigenvalue weighted by Gasteiger charge is 2.23. The van der Waals surface area contributed by atoms with Gasteiger partial charge < -0.3 is 10.1 Å². The van der Waals surface area contributed by atoms with Crippen molar-refractivity contribution in [2.75, 3.05) is 58.7 Å². The summed E-state index contributed by atoms with van der Waals surface area (Å²) in [6.07, 6.45) is 0. The number of hydrogen-bond acceptors (Lipinski definition) is 6. The molecule has 1 heterocycles. The Labute approximate surface area is 114 Å². The third kappa shape index (κ3) is 5.85. The number of rotatable bonds is 7. The van der Waals surface area contributed by atoms with Crippen molar-refractivity contribution in [3.05, 3.63) is 0 Å². The molecule has 0 aliphatic carbocycles. The fourth-order valence-electron chi connectivity index (χ4n) is 1.82. The van der Waals surface area contributed by atoms with Gasteiger partial charge in [0.2, 0.25) is 10.0 Å². The first-order valence-corrected chi connectivity index (χ1v) is 8.09. The lowest BCUT2D eigenvalue weighted by atomic mass is 10.3. The number of ether oxygens (including phenoxy) is 1. The van der Waals surface area contributed by atoms with E-state index in [1.165, 1.54) is 11.4 Å². The SMILES string of the molecule is CCOC(=O)CS(=O)(=O)N(C)CCN1CCNCC1. The van der Waals surface area contributed by atoms with Crippen LogP contribution >= 0.6 is 0 Å². The maximum atomic E-state index is 11.9. The standard InChI is InChI=1S/C11H23N3O4S/c1-3-18-11(15)10-19(16,17)13(2)8-9-14-6-4-12-5-7-14/h12H,3-10H2,1-2H3. The molecule has 1 aliphatic rings. The largest absolute Gasteiger partial charge is 0.465 e. The van der Waals surface area contributed by atoms with Crippen LogP contribution in [0, 0.1) is 0 Å². The summed E-state index contributed by atoms with van der Waals surface area (Å²) >= 11 is 0. The number of nitrogens with zero attached hydrogens (tertiary/aromatic N) is 2. The lowest BCUT2D eigenvalue weighted by Gasteiger charge is -2.28. The van der Waals surface area contributed by atoms with Gasteiger partial charge in [-0.05, 0) is 6.92 Å². The van der Waals surface area contributed by atoms with Crippen molar-refractivity contribution in [3.8, 4) is 0 Å². The molecule has 112 valence electrons. The maximum Gasteiger partial charge on any atom is 0.322 e. The van der Waals surface area contributed by atoms with Gasteiger partial charge in [-0.2, -0.15) is 0 Å². The highest BCUT2D eigenvalue weighted by Crippen LogP contribution is 2.01. The number of sulfonamides is 1. The van der Waals surface area contributed by atoms with E-state index in [1.54, 1.807) is 6.92 Å². The molecule has 0 spiro atoms. The molecular formula is C11H23N3O4S. The van der Waals surface area contributed by atoms with Gasteiger partial charge in [0.05, 0.1) is 6.61 Å². The summed E-state index contributed by atoms with van der Waals surface area (Å²) in [5.41, 5.74) is 0. The molecule has 1 aliphatic heterocycles. The maximum absolute atomic E-state index is 11.9. The minimum Gasteiger partial charge on any atom is -0.465 e. The van der Waals surface area contributed by atoms with Crippen LogP contribution in [0.1, 0.15) is 6.92 Å². The topological polar surface area (TPSA) is 79.0 Å². The Kier molecular flexibility index (Phi) is 6.70. The molecule has 0 unspecified atom stereocenters. The average molecular weight is 293 g/mol. The number of carbonyl (C=O) groups is 1. The first-order valence-electron chi connectivity index (χ1n) is 6.48. The summed E-state index contributed by atoms with van der Waals surface area (Å²) in [5, 5.41) is 3.24. The van der Waals surface area contributed by atoms with Gasteiger partial charge in [0.25, 0.3) is 0 Å². The highest BCUT2D eigenvalue weighted by molar-refractivity contribution is 7.89. The zero-order chi connectivity index (χ0) is 14.3. The molecule has 0 bridgehead atoms. The van der Waals surface area contributed by atoms with Crippen molar-refractivity contribution in [1.82, 2.24) is 14.5 Å². The second-order valence-electron chi connectivity index (χ2n) is 4.47. The predicted molar refractivity (Wildman–Crippen MR) is 72.4 cm³/mol. The van der Waals surface area contributed by atoms with Crippen LogP contribution in [0.25, 0.3) is 0 Å². The van der Waals surface area contributed by atoms with Crippen molar-refractivity contribution < 1.29 is 17.9 Å². The summed E-state index contributed by atoms with van der Waals surface area (Å²) in [7, 11) is -2.07. The van der Waals surface area contributed by atoms with Crippen LogP contribution in [-0.2, 0) is 19.6 Å². The molecule has 0 saturated carbocycles. The Morgan fingerprint density at radius 3 is 2.58 bits per heavy atom. The Balaban J connectivity index is 2.37. The Morgan fingerprint density at radius 2 is 2.00 bits per heavy atom. The van der Waals surface area contributed by atoms with Crippen molar-refractivity contribution in [2.45, 2.75) is 6.92 Å². The Morgan fingerprint density at radius 1 is 1.37 bits per heavy atom. The number of carbonyl (C=O) groups excluding carboxylic acids is 1. The molecular weight excluding hydrogens is 270 g/mol. The first kappa shape index (κ1) is 16.4. The third-order valence-corrected chi connectivity index (χ3v) is 4.75. The molecule has 19 heavy (non-hydrogen) atoms. The average Bonchev–Trinajstić information content (AvgIpc) is 2.36. The quantitative estimate of drug-likeness (QED) is 0.589. The van der Waals surface area contributed by atoms with Crippen LogP contribution in [0.3, 0.4) is 0 Å². The molecule has 1 rings (SSSR count). The molecule has 1 fully saturated rings. The fraction of sp³-hybridized carbons (Fsp3) is 0.909. The van der Waals surface area contributed by atoms with Gasteiger partial charge in [-0.3, -0.25) is 9.69 Å². The van der Waals surface area contributed by atoms with Crippen LogP contribution in [0.15, 0.2) is 0 Å². The molecule has 0 radical (unpaired) electrons. The molecule has 1 saturated heterocycles. The van der Waals surface area contributed by atoms with E-state index in [2.05, 4.69) is 15.0 Å². The van der Waals surface area contributed by atoms with Crippen LogP contribution < -0.4 is 5.32 Å². The lowest BCUT2D eigenvalue weighted by molar-refractivity contribution is -0.140. The van der Waals surface area contributed by atoms with E-state index < -0.39 is 21.7 Å². The number of hydrogen-bond donors (Lipinski definition) is 1. The van der Waals surface area contributed by atoms with E-state index in [0.29, 0.717) is 13.1 Å². The minimum absolute atomic E-state index is 0.193. The summed E-state index contributed by atoms with van der Waals surface area (Å²) in [4.78, 5) is 13.4. The zero-order valence-corrected chi connectivity index (χ0v) is 12.4. The molecule has 7 nitrogen and oxygen atoms in total. The van der Waals surface area contributed by atoms with Gasteiger partial charge in [-0.15, -0.1) is 0 Å². The number of likely N-dealkylation sites (N-methyl/N-ethyl adjacent to an activating group) is 1. The first-order chi connectivity index (χ1) is 8.95. The van der Waals surface area contributed by atoms with Crippen LogP contribution in [0.5, 0.6) is 0 Å². The molecule has 0 atom stereocenters. The van der Waals surface area contributed by atoms with Gasteiger partial charge in [-0.25, -0.2) is 12.7 Å². The Bertz CT molecular complexity index is 379. The van der Waals surface area contributed by atoms with Crippen molar-refractivity contribution in [3.63, 3.8) is 0 Å². The van der Waals surface area contributed by atoms with Crippen molar-refractivity contribution in [2.24, 2.45) is 0 Å². The molecule has 0 aromatic heterocycles. The minimum atomic E-state index is -3.57. The number of esters is 1. The molecule has 0 aromatic carbocycles. The monoisotopic (exact) mass is 293 g/mol. The van der Waals surface area contributed by atoms with Crippen LogP contribution in [-0.4, -0.2) is 82.3 Å². The highest BCUT2D eigenvalue weighted by atomic mass is 32.2. The van der Waals surface area contributed by atoms with Gasteiger partial charge in [0.15, 0.2) is 5.75 Å². The van der Waals surface area contributed by atoms with Crippen molar-refractivity contribution >= 4 is 16.0 Å². The van der Waals surface area contributed by atoms with Crippen LogP contribution in [0.2, 0.25) is 0 Å². The summed E-state index contributed by atoms with van der Waals surface area (Å²) < 4.78 is 29.7. The van der Waals surface area contributed by atoms with E-state index in [9.17, 15) is 13.2 Å². The molecule has 1 N–H and O–H groups in total. The summed E-state index contributed by atoms with van der Waals surface area (Å²) in [6.45, 7) is 6.62. The lowest BCUT2D eigenvalue weighted by Crippen LogP contribution is -2.46. The van der Waals surface area contributed by atoms with Gasteiger partial charge in [0.1, 0.15) is 0 Å². The normalized spacial score (nSPS) is 17.6. The summed E-state index contributed by atoms with van der Waals surface area (Å²) in [6, 6.07) is 0. The third-order valence-electron chi connectivity index (χ3n) is 3.02. The van der Waals surface area contributed by atoms with E-state index in [1.807, 2.05) is 0 Å². The molecule has 0 amide bonds. The summed E-state index contributed by atoms with van der Waals surface area (Å²) in [5.74, 6) is -1.28. The van der Waals surface area contributed by atoms with Crippen LogP contribution in [0.4, 0.5) is 0 Å². The van der Waals surface area contributed by atoms with Crippen molar-refractivity contribution in [1.29, 1.82) is 0 Å². The van der Waals surface area contributed by atoms with Gasteiger partial charge >= 0.3 is 5.97 Å². The molecule has 0 aromatic rings. The smallest absolute Gasteiger partial charge is 0.322 e. The molecule has 8 heteroatoms. The van der Waals surface area contributed by atoms with E-state index >= 15 is 0 Å². The zero-order valence-electron chi connectivity index (χ0n) is 11.6. The second kappa shape index (κ2) is 7.78. The number of piperazine rings is 1. The van der Waals surface area contributed by atoms with Gasteiger partial charge in [-0.1, -0.05) is 0 Å². The van der Waals surface area contributed by atoms with Gasteiger partial charge in [0, 0.05) is 46.3 Å².